The van der Waals surface area contributed by atoms with Gasteiger partial charge in [0, 0.05) is 29.5 Å². The third-order valence-electron chi connectivity index (χ3n) is 4.40. The molecule has 1 fully saturated rings. The van der Waals surface area contributed by atoms with Crippen molar-refractivity contribution in [2.75, 3.05) is 19.6 Å². The number of piperidine rings is 1. The van der Waals surface area contributed by atoms with Gasteiger partial charge in [-0.1, -0.05) is 6.92 Å². The van der Waals surface area contributed by atoms with Crippen LogP contribution in [0.4, 0.5) is 0 Å². The molecule has 0 saturated carbocycles. The monoisotopic (exact) mass is 296 g/mol. The smallest absolute Gasteiger partial charge is 0.182 e. The van der Waals surface area contributed by atoms with E-state index in [2.05, 4.69) is 23.3 Å². The zero-order valence-electron chi connectivity index (χ0n) is 12.9. The van der Waals surface area contributed by atoms with Gasteiger partial charge in [0.15, 0.2) is 5.78 Å². The molecule has 0 spiro atoms. The van der Waals surface area contributed by atoms with Gasteiger partial charge in [0.2, 0.25) is 0 Å². The second-order valence-corrected chi connectivity index (χ2v) is 6.48. The predicted octanol–water partition coefficient (Wildman–Crippen LogP) is 3.57. The maximum atomic E-state index is 12.2. The molecule has 0 aromatic carbocycles. The van der Waals surface area contributed by atoms with Crippen molar-refractivity contribution >= 4 is 17.4 Å². The van der Waals surface area contributed by atoms with E-state index in [4.69, 9.17) is 11.6 Å². The molecular formula is C16H25ClN2O. The average molecular weight is 297 g/mol. The molecule has 2 rings (SSSR count). The number of carbonyl (C=O) groups is 1. The third-order valence-corrected chi connectivity index (χ3v) is 4.60. The summed E-state index contributed by atoms with van der Waals surface area (Å²) >= 11 is 5.96. The van der Waals surface area contributed by atoms with Crippen LogP contribution in [0.15, 0.2) is 6.07 Å². The molecule has 112 valence electrons. The lowest BCUT2D eigenvalue weighted by molar-refractivity contribution is 0.0990. The van der Waals surface area contributed by atoms with Gasteiger partial charge in [0.25, 0.3) is 0 Å². The van der Waals surface area contributed by atoms with Gasteiger partial charge >= 0.3 is 0 Å². The van der Waals surface area contributed by atoms with Crippen LogP contribution in [0.25, 0.3) is 0 Å². The van der Waals surface area contributed by atoms with Crippen molar-refractivity contribution in [2.24, 2.45) is 0 Å². The molecule has 2 heterocycles. The molecule has 0 radical (unpaired) electrons. The standard InChI is InChI=1S/C16H25ClN2O/c1-5-18-8-6-7-14(10-18)19-11(2)9-15(13(19)4)16(20)12(3)17/h9,12,14H,5-8,10H2,1-4H3. The van der Waals surface area contributed by atoms with Crippen LogP contribution in [0.5, 0.6) is 0 Å². The van der Waals surface area contributed by atoms with Gasteiger partial charge in [-0.05, 0) is 52.8 Å². The number of aromatic nitrogens is 1. The first-order valence-corrected chi connectivity index (χ1v) is 7.98. The minimum atomic E-state index is -0.456. The summed E-state index contributed by atoms with van der Waals surface area (Å²) in [4.78, 5) is 14.7. The Morgan fingerprint density at radius 3 is 2.80 bits per heavy atom. The first kappa shape index (κ1) is 15.6. The summed E-state index contributed by atoms with van der Waals surface area (Å²) in [6.07, 6.45) is 2.42. The van der Waals surface area contributed by atoms with Gasteiger partial charge in [-0.3, -0.25) is 4.79 Å². The summed E-state index contributed by atoms with van der Waals surface area (Å²) in [5.74, 6) is 0.0363. The van der Waals surface area contributed by atoms with Crippen LogP contribution in [0.1, 0.15) is 54.5 Å². The number of Topliss-reactive ketones (excluding diaryl/α,β-unsaturated/α-hetero) is 1. The van der Waals surface area contributed by atoms with E-state index in [0.29, 0.717) is 6.04 Å². The van der Waals surface area contributed by atoms with Gasteiger partial charge in [-0.15, -0.1) is 11.6 Å². The normalized spacial score (nSPS) is 21.9. The molecule has 1 aliphatic rings. The van der Waals surface area contributed by atoms with Crippen LogP contribution in [0.3, 0.4) is 0 Å². The topological polar surface area (TPSA) is 25.2 Å². The number of hydrogen-bond donors (Lipinski definition) is 0. The Bertz CT molecular complexity index is 493. The van der Waals surface area contributed by atoms with Crippen LogP contribution < -0.4 is 0 Å². The summed E-state index contributed by atoms with van der Waals surface area (Å²) < 4.78 is 2.34. The first-order valence-electron chi connectivity index (χ1n) is 7.54. The number of ketones is 1. The van der Waals surface area contributed by atoms with Gasteiger partial charge in [0.05, 0.1) is 5.38 Å². The fourth-order valence-corrected chi connectivity index (χ4v) is 3.45. The first-order chi connectivity index (χ1) is 9.45. The molecule has 3 nitrogen and oxygen atoms in total. The number of hydrogen-bond acceptors (Lipinski definition) is 2. The van der Waals surface area contributed by atoms with Crippen molar-refractivity contribution in [3.63, 3.8) is 0 Å². The Balaban J connectivity index is 2.30. The molecule has 0 N–H and O–H groups in total. The molecule has 2 unspecified atom stereocenters. The third kappa shape index (κ3) is 2.94. The lowest BCUT2D eigenvalue weighted by Gasteiger charge is -2.34. The zero-order valence-corrected chi connectivity index (χ0v) is 13.7. The minimum Gasteiger partial charge on any atom is -0.344 e. The molecule has 2 atom stereocenters. The molecule has 0 aliphatic carbocycles. The van der Waals surface area contributed by atoms with Crippen molar-refractivity contribution in [1.82, 2.24) is 9.47 Å². The molecule has 1 aliphatic heterocycles. The van der Waals surface area contributed by atoms with Crippen molar-refractivity contribution in [3.8, 4) is 0 Å². The Morgan fingerprint density at radius 1 is 1.50 bits per heavy atom. The minimum absolute atomic E-state index is 0.0363. The number of rotatable bonds is 4. The fourth-order valence-electron chi connectivity index (χ4n) is 3.33. The second-order valence-electron chi connectivity index (χ2n) is 5.82. The maximum Gasteiger partial charge on any atom is 0.182 e. The second kappa shape index (κ2) is 6.31. The largest absolute Gasteiger partial charge is 0.344 e. The van der Waals surface area contributed by atoms with Crippen LogP contribution in [0, 0.1) is 13.8 Å². The fraction of sp³-hybridized carbons (Fsp3) is 0.688. The Morgan fingerprint density at radius 2 is 2.20 bits per heavy atom. The molecule has 0 bridgehead atoms. The molecule has 0 amide bonds. The van der Waals surface area contributed by atoms with E-state index in [1.54, 1.807) is 6.92 Å². The highest BCUT2D eigenvalue weighted by molar-refractivity contribution is 6.33. The van der Waals surface area contributed by atoms with Crippen molar-refractivity contribution in [3.05, 3.63) is 23.0 Å². The molecule has 4 heteroatoms. The van der Waals surface area contributed by atoms with Crippen LogP contribution in [-0.4, -0.2) is 40.3 Å². The van der Waals surface area contributed by atoms with E-state index in [1.807, 2.05) is 13.0 Å². The van der Waals surface area contributed by atoms with Gasteiger partial charge in [-0.25, -0.2) is 0 Å². The number of carbonyl (C=O) groups excluding carboxylic acids is 1. The van der Waals surface area contributed by atoms with E-state index >= 15 is 0 Å². The maximum absolute atomic E-state index is 12.2. The van der Waals surface area contributed by atoms with E-state index in [-0.39, 0.29) is 5.78 Å². The van der Waals surface area contributed by atoms with Gasteiger partial charge in [-0.2, -0.15) is 0 Å². The van der Waals surface area contributed by atoms with E-state index in [1.165, 1.54) is 25.1 Å². The molecular weight excluding hydrogens is 272 g/mol. The highest BCUT2D eigenvalue weighted by atomic mass is 35.5. The van der Waals surface area contributed by atoms with Crippen molar-refractivity contribution in [1.29, 1.82) is 0 Å². The SMILES string of the molecule is CCN1CCCC(n2c(C)cc(C(=O)C(C)Cl)c2C)C1. The van der Waals surface area contributed by atoms with E-state index in [0.717, 1.165) is 24.3 Å². The highest BCUT2D eigenvalue weighted by Crippen LogP contribution is 2.28. The van der Waals surface area contributed by atoms with E-state index in [9.17, 15) is 4.79 Å². The lowest BCUT2D eigenvalue weighted by Crippen LogP contribution is -2.37. The molecule has 1 aromatic rings. The number of likely N-dealkylation sites (tertiary alicyclic amines) is 1. The van der Waals surface area contributed by atoms with Crippen molar-refractivity contribution in [2.45, 2.75) is 52.0 Å². The number of nitrogens with zero attached hydrogens (tertiary/aromatic N) is 2. The summed E-state index contributed by atoms with van der Waals surface area (Å²) in [6, 6.07) is 2.48. The summed E-state index contributed by atoms with van der Waals surface area (Å²) in [5, 5.41) is -0.456. The summed E-state index contributed by atoms with van der Waals surface area (Å²) in [5.41, 5.74) is 3.03. The van der Waals surface area contributed by atoms with Gasteiger partial charge < -0.3 is 9.47 Å². The lowest BCUT2D eigenvalue weighted by atomic mass is 10.0. The Kier molecular flexibility index (Phi) is 4.92. The number of aryl methyl sites for hydroxylation is 1. The molecule has 1 saturated heterocycles. The summed E-state index contributed by atoms with van der Waals surface area (Å²) in [7, 11) is 0. The Hall–Kier alpha value is -0.800. The summed E-state index contributed by atoms with van der Waals surface area (Å²) in [6.45, 7) is 11.5. The quantitative estimate of drug-likeness (QED) is 0.627. The Labute approximate surface area is 126 Å². The predicted molar refractivity (Wildman–Crippen MR) is 83.9 cm³/mol. The number of halogens is 1. The van der Waals surface area contributed by atoms with E-state index < -0.39 is 5.38 Å². The molecule has 1 aromatic heterocycles. The van der Waals surface area contributed by atoms with Crippen LogP contribution >= 0.6 is 11.6 Å². The van der Waals surface area contributed by atoms with Gasteiger partial charge in [0.1, 0.15) is 0 Å². The number of likely N-dealkylation sites (N-methyl/N-ethyl adjacent to an activating group) is 1. The van der Waals surface area contributed by atoms with Crippen molar-refractivity contribution < 1.29 is 4.79 Å². The number of alkyl halides is 1. The molecule has 20 heavy (non-hydrogen) atoms. The zero-order chi connectivity index (χ0) is 14.9. The highest BCUT2D eigenvalue weighted by Gasteiger charge is 2.26. The average Bonchev–Trinajstić information content (AvgIpc) is 2.73. The van der Waals surface area contributed by atoms with Crippen LogP contribution in [0.2, 0.25) is 0 Å². The van der Waals surface area contributed by atoms with Crippen LogP contribution in [-0.2, 0) is 0 Å².